The molecule has 0 atom stereocenters. The van der Waals surface area contributed by atoms with Crippen molar-refractivity contribution in [2.24, 2.45) is 0 Å². The van der Waals surface area contributed by atoms with Crippen LogP contribution >= 0.6 is 0 Å². The summed E-state index contributed by atoms with van der Waals surface area (Å²) in [6.07, 6.45) is 17.8. The van der Waals surface area contributed by atoms with E-state index in [-0.39, 0.29) is 33.2 Å². The molecule has 0 aromatic heterocycles. The monoisotopic (exact) mass is 691 g/mol. The van der Waals surface area contributed by atoms with Crippen LogP contribution in [0.25, 0.3) is 0 Å². The molecule has 0 saturated carbocycles. The van der Waals surface area contributed by atoms with Gasteiger partial charge in [0.25, 0.3) is 0 Å². The van der Waals surface area contributed by atoms with Gasteiger partial charge in [0.15, 0.2) is 11.6 Å². The SMILES string of the molecule is CC(C)(C)c1cc(C(=O)CCCCCCCCCCCCCCCCC(=O)c2cc(C(C)(C)C)c(O)c(C(C)(C)C)c2)cc(C(C)(C)C)c1O. The smallest absolute Gasteiger partial charge is 0.162 e. The summed E-state index contributed by atoms with van der Waals surface area (Å²) in [5.74, 6) is 1.04. The standard InChI is InChI=1S/C46H74O4/c1-43(2,3)35-29-33(30-36(41(35)49)44(4,5)6)39(47)27-25-23-21-19-17-15-13-14-16-18-20-22-24-26-28-40(48)34-31-37(45(7,8)9)42(50)38(32-34)46(10,11)12/h29-32,49-50H,13-28H2,1-12H3. The number of aromatic hydroxyl groups is 2. The van der Waals surface area contributed by atoms with Gasteiger partial charge in [-0.25, -0.2) is 0 Å². The Morgan fingerprint density at radius 1 is 0.380 bits per heavy atom. The van der Waals surface area contributed by atoms with E-state index >= 15 is 0 Å². The van der Waals surface area contributed by atoms with E-state index in [0.29, 0.717) is 24.3 Å². The molecule has 0 spiro atoms. The van der Waals surface area contributed by atoms with Crippen LogP contribution in [0, 0.1) is 0 Å². The number of phenols is 2. The van der Waals surface area contributed by atoms with E-state index in [9.17, 15) is 19.8 Å². The zero-order valence-electron chi connectivity index (χ0n) is 34.3. The predicted octanol–water partition coefficient (Wildman–Crippen LogP) is 13.6. The van der Waals surface area contributed by atoms with Crippen molar-refractivity contribution >= 4 is 11.6 Å². The Labute approximate surface area is 307 Å². The summed E-state index contributed by atoms with van der Waals surface area (Å²) in [4.78, 5) is 26.2. The molecule has 4 heteroatoms. The van der Waals surface area contributed by atoms with E-state index in [0.717, 1.165) is 59.1 Å². The number of hydrogen-bond acceptors (Lipinski definition) is 4. The third kappa shape index (κ3) is 13.8. The first-order valence-electron chi connectivity index (χ1n) is 19.9. The minimum Gasteiger partial charge on any atom is -0.507 e. The van der Waals surface area contributed by atoms with E-state index in [2.05, 4.69) is 83.1 Å². The largest absolute Gasteiger partial charge is 0.507 e. The minimum absolute atomic E-state index is 0.188. The van der Waals surface area contributed by atoms with Gasteiger partial charge in [-0.3, -0.25) is 9.59 Å². The maximum atomic E-state index is 13.1. The van der Waals surface area contributed by atoms with Gasteiger partial charge in [0.05, 0.1) is 0 Å². The van der Waals surface area contributed by atoms with Gasteiger partial charge < -0.3 is 10.2 Å². The number of ketones is 2. The van der Waals surface area contributed by atoms with Crippen molar-refractivity contribution in [2.45, 2.75) is 207 Å². The van der Waals surface area contributed by atoms with Crippen LogP contribution in [-0.2, 0) is 21.7 Å². The lowest BCUT2D eigenvalue weighted by Gasteiger charge is -2.28. The van der Waals surface area contributed by atoms with Gasteiger partial charge >= 0.3 is 0 Å². The lowest BCUT2D eigenvalue weighted by Crippen LogP contribution is -2.19. The number of carbonyl (C=O) groups excluding carboxylic acids is 2. The summed E-state index contributed by atoms with van der Waals surface area (Å²) in [5, 5.41) is 21.9. The van der Waals surface area contributed by atoms with Crippen LogP contribution in [0.4, 0.5) is 0 Å². The quantitative estimate of drug-likeness (QED) is 0.114. The molecule has 2 aromatic rings. The van der Waals surface area contributed by atoms with E-state index in [1.54, 1.807) is 0 Å². The lowest BCUT2D eigenvalue weighted by atomic mass is 9.78. The molecule has 0 saturated heterocycles. The van der Waals surface area contributed by atoms with Crippen LogP contribution in [0.1, 0.15) is 229 Å². The molecule has 2 rings (SSSR count). The van der Waals surface area contributed by atoms with Crippen LogP contribution in [0.5, 0.6) is 11.5 Å². The van der Waals surface area contributed by atoms with Crippen molar-refractivity contribution < 1.29 is 19.8 Å². The molecule has 0 fully saturated rings. The molecule has 0 heterocycles. The number of carbonyl (C=O) groups is 2. The average Bonchev–Trinajstić information content (AvgIpc) is 2.98. The van der Waals surface area contributed by atoms with Crippen molar-refractivity contribution in [3.05, 3.63) is 57.6 Å². The summed E-state index contributed by atoms with van der Waals surface area (Å²) in [6.45, 7) is 25.0. The Hall–Kier alpha value is -2.62. The predicted molar refractivity (Wildman–Crippen MR) is 214 cm³/mol. The Kier molecular flexibility index (Phi) is 16.3. The Morgan fingerprint density at radius 3 is 0.740 bits per heavy atom. The highest BCUT2D eigenvalue weighted by Gasteiger charge is 2.29. The molecular formula is C46H74O4. The molecule has 0 bridgehead atoms. The summed E-state index contributed by atoms with van der Waals surface area (Å²) < 4.78 is 0. The van der Waals surface area contributed by atoms with E-state index < -0.39 is 0 Å². The molecule has 2 N–H and O–H groups in total. The highest BCUT2D eigenvalue weighted by atomic mass is 16.3. The lowest BCUT2D eigenvalue weighted by molar-refractivity contribution is 0.0970. The molecule has 0 aliphatic carbocycles. The molecule has 4 nitrogen and oxygen atoms in total. The summed E-state index contributed by atoms with van der Waals surface area (Å²) >= 11 is 0. The normalized spacial score (nSPS) is 12.8. The second-order valence-electron chi connectivity index (χ2n) is 19.1. The van der Waals surface area contributed by atoms with Crippen LogP contribution in [0.2, 0.25) is 0 Å². The number of hydrogen-bond donors (Lipinski definition) is 2. The summed E-state index contributed by atoms with van der Waals surface area (Å²) in [5.41, 5.74) is 3.99. The van der Waals surface area contributed by atoms with Crippen molar-refractivity contribution in [1.82, 2.24) is 0 Å². The van der Waals surface area contributed by atoms with Gasteiger partial charge in [-0.2, -0.15) is 0 Å². The first-order chi connectivity index (χ1) is 23.0. The first kappa shape index (κ1) is 43.5. The van der Waals surface area contributed by atoms with Gasteiger partial charge in [0.1, 0.15) is 11.5 Å². The number of unbranched alkanes of at least 4 members (excludes halogenated alkanes) is 13. The summed E-state index contributed by atoms with van der Waals surface area (Å²) in [7, 11) is 0. The van der Waals surface area contributed by atoms with Gasteiger partial charge in [-0.05, 0) is 58.8 Å². The van der Waals surface area contributed by atoms with Gasteiger partial charge in [-0.15, -0.1) is 0 Å². The minimum atomic E-state index is -0.228. The second kappa shape index (κ2) is 18.7. The fourth-order valence-electron chi connectivity index (χ4n) is 6.86. The fourth-order valence-corrected chi connectivity index (χ4v) is 6.86. The molecule has 282 valence electrons. The molecule has 0 aliphatic rings. The zero-order chi connectivity index (χ0) is 37.9. The molecule has 0 radical (unpaired) electrons. The van der Waals surface area contributed by atoms with Crippen molar-refractivity contribution in [3.63, 3.8) is 0 Å². The highest BCUT2D eigenvalue weighted by Crippen LogP contribution is 2.41. The number of rotatable bonds is 19. The molecular weight excluding hydrogens is 617 g/mol. The fraction of sp³-hybridized carbons (Fsp3) is 0.696. The summed E-state index contributed by atoms with van der Waals surface area (Å²) in [6, 6.07) is 7.67. The molecule has 0 amide bonds. The van der Waals surface area contributed by atoms with Crippen LogP contribution in [-0.4, -0.2) is 21.8 Å². The Morgan fingerprint density at radius 2 is 0.560 bits per heavy atom. The van der Waals surface area contributed by atoms with Crippen LogP contribution < -0.4 is 0 Å². The van der Waals surface area contributed by atoms with E-state index in [4.69, 9.17) is 0 Å². The number of phenolic OH excluding ortho intramolecular Hbond substituents is 2. The average molecular weight is 691 g/mol. The maximum absolute atomic E-state index is 13.1. The third-order valence-electron chi connectivity index (χ3n) is 10.2. The molecule has 0 unspecified atom stereocenters. The van der Waals surface area contributed by atoms with E-state index in [1.807, 2.05) is 24.3 Å². The number of Topliss-reactive ketones (excluding diaryl/α,β-unsaturated/α-hetero) is 2. The molecule has 2 aromatic carbocycles. The van der Waals surface area contributed by atoms with Crippen molar-refractivity contribution in [1.29, 1.82) is 0 Å². The Bertz CT molecular complexity index is 1210. The van der Waals surface area contributed by atoms with Gasteiger partial charge in [-0.1, -0.05) is 160 Å². The van der Waals surface area contributed by atoms with Crippen LogP contribution in [0.15, 0.2) is 24.3 Å². The first-order valence-corrected chi connectivity index (χ1v) is 19.9. The highest BCUT2D eigenvalue weighted by molar-refractivity contribution is 5.97. The third-order valence-corrected chi connectivity index (χ3v) is 10.2. The number of benzene rings is 2. The van der Waals surface area contributed by atoms with Crippen LogP contribution in [0.3, 0.4) is 0 Å². The van der Waals surface area contributed by atoms with Crippen molar-refractivity contribution in [2.75, 3.05) is 0 Å². The van der Waals surface area contributed by atoms with Gasteiger partial charge in [0, 0.05) is 46.2 Å². The topological polar surface area (TPSA) is 74.6 Å². The van der Waals surface area contributed by atoms with E-state index in [1.165, 1.54) is 64.2 Å². The Balaban J connectivity index is 1.57. The second-order valence-corrected chi connectivity index (χ2v) is 19.1. The van der Waals surface area contributed by atoms with Gasteiger partial charge in [0.2, 0.25) is 0 Å². The molecule has 50 heavy (non-hydrogen) atoms. The maximum Gasteiger partial charge on any atom is 0.162 e. The van der Waals surface area contributed by atoms with Crippen molar-refractivity contribution in [3.8, 4) is 11.5 Å². The zero-order valence-corrected chi connectivity index (χ0v) is 34.3. The molecule has 0 aliphatic heterocycles.